The van der Waals surface area contributed by atoms with Crippen LogP contribution in [0.5, 0.6) is 0 Å². The minimum absolute atomic E-state index is 0.0940. The van der Waals surface area contributed by atoms with Crippen LogP contribution >= 0.6 is 27.7 Å². The molecule has 1 saturated heterocycles. The lowest BCUT2D eigenvalue weighted by atomic mass is 10.1. The normalized spacial score (nSPS) is 16.6. The van der Waals surface area contributed by atoms with Gasteiger partial charge in [0.15, 0.2) is 0 Å². The summed E-state index contributed by atoms with van der Waals surface area (Å²) in [6, 6.07) is 32.3. The molecule has 36 heavy (non-hydrogen) atoms. The second-order valence-electron chi connectivity index (χ2n) is 8.22. The highest BCUT2D eigenvalue weighted by atomic mass is 79.9. The van der Waals surface area contributed by atoms with Crippen LogP contribution < -0.4 is 10.2 Å². The summed E-state index contributed by atoms with van der Waals surface area (Å²) in [5, 5.41) is 14.7. The van der Waals surface area contributed by atoms with E-state index in [9.17, 15) is 14.9 Å². The first-order chi connectivity index (χ1) is 17.5. The van der Waals surface area contributed by atoms with Crippen LogP contribution in [-0.4, -0.2) is 17.1 Å². The van der Waals surface area contributed by atoms with E-state index in [0.29, 0.717) is 22.8 Å². The third kappa shape index (κ3) is 4.78. The molecule has 7 heteroatoms. The first-order valence-electron chi connectivity index (χ1n) is 11.3. The Morgan fingerprint density at radius 3 is 2.39 bits per heavy atom. The van der Waals surface area contributed by atoms with Crippen LogP contribution in [0, 0.1) is 11.3 Å². The van der Waals surface area contributed by atoms with Crippen LogP contribution in [0.25, 0.3) is 10.8 Å². The number of rotatable bonds is 5. The number of nitrogens with one attached hydrogen (secondary N) is 1. The van der Waals surface area contributed by atoms with E-state index >= 15 is 0 Å². The average molecular weight is 554 g/mol. The fraction of sp³-hybridized carbons (Fsp3) is 0.0690. The van der Waals surface area contributed by atoms with Gasteiger partial charge in [-0.3, -0.25) is 14.5 Å². The highest BCUT2D eigenvalue weighted by Gasteiger charge is 2.40. The van der Waals surface area contributed by atoms with Gasteiger partial charge in [-0.15, -0.1) is 0 Å². The molecule has 0 spiro atoms. The van der Waals surface area contributed by atoms with Crippen molar-refractivity contribution in [1.29, 1.82) is 5.26 Å². The number of para-hydroxylation sites is 1. The van der Waals surface area contributed by atoms with Crippen molar-refractivity contribution in [1.82, 2.24) is 0 Å². The largest absolute Gasteiger partial charge is 0.321 e. The van der Waals surface area contributed by atoms with Crippen molar-refractivity contribution in [3.8, 4) is 6.07 Å². The van der Waals surface area contributed by atoms with E-state index in [1.54, 1.807) is 18.2 Å². The maximum absolute atomic E-state index is 13.6. The number of carbonyl (C=O) groups excluding carboxylic acids is 2. The molecule has 2 amide bonds. The van der Waals surface area contributed by atoms with Gasteiger partial charge in [0.25, 0.3) is 5.91 Å². The summed E-state index contributed by atoms with van der Waals surface area (Å²) in [5.41, 5.74) is 2.13. The first kappa shape index (κ1) is 23.9. The molecule has 0 aliphatic carbocycles. The summed E-state index contributed by atoms with van der Waals surface area (Å²) < 4.78 is 0.958. The van der Waals surface area contributed by atoms with Crippen molar-refractivity contribution >= 4 is 61.7 Å². The second kappa shape index (κ2) is 10.4. The van der Waals surface area contributed by atoms with Gasteiger partial charge in [-0.1, -0.05) is 94.4 Å². The SMILES string of the molecule is N#CC(C(=O)Nc1cccc2ccccc12)=C1SC(Cc2ccc(Br)cc2)C(=O)N1c1ccccc1. The molecule has 1 atom stereocenters. The Kier molecular flexibility index (Phi) is 6.90. The molecule has 1 aliphatic rings. The summed E-state index contributed by atoms with van der Waals surface area (Å²) in [7, 11) is 0. The molecule has 0 bridgehead atoms. The van der Waals surface area contributed by atoms with Crippen LogP contribution in [0.1, 0.15) is 5.56 Å². The van der Waals surface area contributed by atoms with Gasteiger partial charge in [0.1, 0.15) is 16.7 Å². The Balaban J connectivity index is 1.52. The Morgan fingerprint density at radius 2 is 1.64 bits per heavy atom. The van der Waals surface area contributed by atoms with Crippen LogP contribution in [0.2, 0.25) is 0 Å². The Hall–Kier alpha value is -3.86. The molecule has 5 rings (SSSR count). The Labute approximate surface area is 221 Å². The van der Waals surface area contributed by atoms with E-state index < -0.39 is 11.2 Å². The van der Waals surface area contributed by atoms with E-state index in [0.717, 1.165) is 20.8 Å². The van der Waals surface area contributed by atoms with E-state index in [4.69, 9.17) is 0 Å². The van der Waals surface area contributed by atoms with Crippen molar-refractivity contribution in [3.63, 3.8) is 0 Å². The molecule has 1 heterocycles. The van der Waals surface area contributed by atoms with Gasteiger partial charge in [0, 0.05) is 21.2 Å². The van der Waals surface area contributed by atoms with E-state index in [1.807, 2.05) is 78.9 Å². The van der Waals surface area contributed by atoms with Crippen molar-refractivity contribution in [2.75, 3.05) is 10.2 Å². The van der Waals surface area contributed by atoms with Crippen LogP contribution in [0.15, 0.2) is 112 Å². The summed E-state index contributed by atoms with van der Waals surface area (Å²) in [5.74, 6) is -0.704. The maximum atomic E-state index is 13.6. The summed E-state index contributed by atoms with van der Waals surface area (Å²) in [4.78, 5) is 28.5. The zero-order valence-corrected chi connectivity index (χ0v) is 21.4. The second-order valence-corrected chi connectivity index (χ2v) is 10.3. The highest BCUT2D eigenvalue weighted by molar-refractivity contribution is 9.10. The number of anilines is 2. The van der Waals surface area contributed by atoms with Gasteiger partial charge in [0.2, 0.25) is 5.91 Å². The zero-order chi connectivity index (χ0) is 25.1. The first-order valence-corrected chi connectivity index (χ1v) is 13.0. The lowest BCUT2D eigenvalue weighted by molar-refractivity contribution is -0.117. The van der Waals surface area contributed by atoms with Gasteiger partial charge in [0.05, 0.1) is 5.25 Å². The van der Waals surface area contributed by atoms with Gasteiger partial charge < -0.3 is 5.32 Å². The number of carbonyl (C=O) groups is 2. The standard InChI is InChI=1S/C29H20BrN3O2S/c30-21-15-13-19(14-16-21)17-26-28(35)33(22-9-2-1-3-10-22)29(36-26)24(18-31)27(34)32-25-12-6-8-20-7-4-5-11-23(20)25/h1-16,26H,17H2,(H,32,34). The number of nitriles is 1. The number of fused-ring (bicyclic) bond motifs is 1. The Bertz CT molecular complexity index is 1520. The lowest BCUT2D eigenvalue weighted by Crippen LogP contribution is -2.30. The van der Waals surface area contributed by atoms with Gasteiger partial charge in [-0.2, -0.15) is 5.26 Å². The zero-order valence-electron chi connectivity index (χ0n) is 19.0. The van der Waals surface area contributed by atoms with Gasteiger partial charge >= 0.3 is 0 Å². The summed E-state index contributed by atoms with van der Waals surface area (Å²) in [6.45, 7) is 0. The fourth-order valence-electron chi connectivity index (χ4n) is 4.15. The monoisotopic (exact) mass is 553 g/mol. The quantitative estimate of drug-likeness (QED) is 0.221. The van der Waals surface area contributed by atoms with Crippen LogP contribution in [-0.2, 0) is 16.0 Å². The van der Waals surface area contributed by atoms with Crippen LogP contribution in [0.4, 0.5) is 11.4 Å². The third-order valence-electron chi connectivity index (χ3n) is 5.89. The molecule has 0 aromatic heterocycles. The van der Waals surface area contributed by atoms with Gasteiger partial charge in [-0.25, -0.2) is 0 Å². The number of benzene rings is 4. The number of thioether (sulfide) groups is 1. The molecule has 1 unspecified atom stereocenters. The smallest absolute Gasteiger partial charge is 0.269 e. The molecule has 0 radical (unpaired) electrons. The fourth-order valence-corrected chi connectivity index (χ4v) is 5.73. The van der Waals surface area contributed by atoms with Crippen molar-refractivity contribution in [3.05, 3.63) is 118 Å². The minimum Gasteiger partial charge on any atom is -0.321 e. The van der Waals surface area contributed by atoms with Crippen LogP contribution in [0.3, 0.4) is 0 Å². The predicted molar refractivity (Wildman–Crippen MR) is 148 cm³/mol. The number of nitrogens with zero attached hydrogens (tertiary/aromatic N) is 2. The molecule has 1 fully saturated rings. The van der Waals surface area contributed by atoms with E-state index in [-0.39, 0.29) is 11.5 Å². The lowest BCUT2D eigenvalue weighted by Gasteiger charge is -2.18. The molecular weight excluding hydrogens is 534 g/mol. The highest BCUT2D eigenvalue weighted by Crippen LogP contribution is 2.42. The molecule has 5 nitrogen and oxygen atoms in total. The maximum Gasteiger partial charge on any atom is 0.269 e. The molecule has 176 valence electrons. The molecule has 4 aromatic rings. The van der Waals surface area contributed by atoms with E-state index in [1.165, 1.54) is 16.7 Å². The Morgan fingerprint density at radius 1 is 0.944 bits per heavy atom. The molecule has 4 aromatic carbocycles. The van der Waals surface area contributed by atoms with Gasteiger partial charge in [-0.05, 0) is 47.7 Å². The number of halogens is 1. The van der Waals surface area contributed by atoms with Crippen molar-refractivity contribution in [2.45, 2.75) is 11.7 Å². The molecule has 0 saturated carbocycles. The molecule has 1 aliphatic heterocycles. The number of amides is 2. The number of hydrogen-bond acceptors (Lipinski definition) is 4. The van der Waals surface area contributed by atoms with Crippen molar-refractivity contribution < 1.29 is 9.59 Å². The summed E-state index contributed by atoms with van der Waals surface area (Å²) >= 11 is 4.69. The van der Waals surface area contributed by atoms with Crippen molar-refractivity contribution in [2.24, 2.45) is 0 Å². The topological polar surface area (TPSA) is 73.2 Å². The number of hydrogen-bond donors (Lipinski definition) is 1. The third-order valence-corrected chi connectivity index (χ3v) is 7.68. The minimum atomic E-state index is -0.547. The predicted octanol–water partition coefficient (Wildman–Crippen LogP) is 6.67. The average Bonchev–Trinajstić information content (AvgIpc) is 3.21. The summed E-state index contributed by atoms with van der Waals surface area (Å²) in [6.07, 6.45) is 0.479. The van der Waals surface area contributed by atoms with E-state index in [2.05, 4.69) is 27.3 Å². The molecule has 1 N–H and O–H groups in total. The molecular formula is C29H20BrN3O2S.